The minimum atomic E-state index is -0.932. The van der Waals surface area contributed by atoms with Gasteiger partial charge in [-0.3, -0.25) is 0 Å². The third-order valence-corrected chi connectivity index (χ3v) is 6.74. The predicted molar refractivity (Wildman–Crippen MR) is 100 cm³/mol. The van der Waals surface area contributed by atoms with Gasteiger partial charge in [0, 0.05) is 29.2 Å². The van der Waals surface area contributed by atoms with Crippen molar-refractivity contribution in [1.29, 1.82) is 0 Å². The highest BCUT2D eigenvalue weighted by atomic mass is 35.5. The van der Waals surface area contributed by atoms with Gasteiger partial charge in [-0.25, -0.2) is 0 Å². The first-order valence-corrected chi connectivity index (χ1v) is 9.76. The van der Waals surface area contributed by atoms with Crippen LogP contribution in [0.2, 0.25) is 5.02 Å². The normalized spacial score (nSPS) is 26.2. The minimum absolute atomic E-state index is 0.188. The molecule has 0 aliphatic carbocycles. The summed E-state index contributed by atoms with van der Waals surface area (Å²) in [4.78, 5) is 2.31. The van der Waals surface area contributed by atoms with Crippen LogP contribution in [0.25, 0.3) is 0 Å². The maximum absolute atomic E-state index is 10.7. The van der Waals surface area contributed by atoms with Gasteiger partial charge in [0.25, 0.3) is 0 Å². The van der Waals surface area contributed by atoms with Crippen LogP contribution in [0.15, 0.2) is 18.2 Å². The summed E-state index contributed by atoms with van der Waals surface area (Å²) in [6.45, 7) is 5.00. The lowest BCUT2D eigenvalue weighted by molar-refractivity contribution is -0.104. The number of halogens is 1. The van der Waals surface area contributed by atoms with Crippen LogP contribution in [-0.4, -0.2) is 66.1 Å². The Kier molecular flexibility index (Phi) is 4.71. The van der Waals surface area contributed by atoms with E-state index in [9.17, 15) is 10.2 Å². The average Bonchev–Trinajstić information content (AvgIpc) is 2.95. The molecule has 0 saturated carbocycles. The zero-order valence-corrected chi connectivity index (χ0v) is 15.4. The van der Waals surface area contributed by atoms with Crippen LogP contribution in [0.3, 0.4) is 0 Å². The lowest BCUT2D eigenvalue weighted by Crippen LogP contribution is -2.55. The lowest BCUT2D eigenvalue weighted by atomic mass is 9.74. The number of aliphatic hydroxyl groups excluding tert-OH is 1. The summed E-state index contributed by atoms with van der Waals surface area (Å²) in [6.07, 6.45) is 2.73. The van der Waals surface area contributed by atoms with Gasteiger partial charge in [-0.1, -0.05) is 17.7 Å². The molecule has 1 spiro atoms. The Morgan fingerprint density at radius 1 is 1.16 bits per heavy atom. The largest absolute Gasteiger partial charge is 0.389 e. The number of nitrogens with one attached hydrogen (secondary N) is 2. The fourth-order valence-corrected chi connectivity index (χ4v) is 4.87. The summed E-state index contributed by atoms with van der Waals surface area (Å²) in [5.41, 5.74) is 1.81. The number of fused-ring (bicyclic) bond motifs is 2. The minimum Gasteiger partial charge on any atom is -0.389 e. The van der Waals surface area contributed by atoms with Crippen molar-refractivity contribution in [2.45, 2.75) is 42.8 Å². The molecule has 2 saturated heterocycles. The van der Waals surface area contributed by atoms with Gasteiger partial charge in [-0.05, 0) is 69.6 Å². The highest BCUT2D eigenvalue weighted by Crippen LogP contribution is 2.44. The molecule has 0 aromatic heterocycles. The number of aliphatic hydroxyl groups is 2. The molecule has 2 fully saturated rings. The zero-order chi connectivity index (χ0) is 17.5. The van der Waals surface area contributed by atoms with Crippen molar-refractivity contribution < 1.29 is 10.2 Å². The SMILES string of the molecule is OC(CN1CCC2(CC1)CNc1cc(Cl)ccc12)C1(O)CCNCC1. The van der Waals surface area contributed by atoms with Crippen LogP contribution in [0, 0.1) is 0 Å². The molecular weight excluding hydrogens is 338 g/mol. The molecule has 25 heavy (non-hydrogen) atoms. The molecule has 1 aromatic carbocycles. The molecular formula is C19H28ClN3O2. The zero-order valence-electron chi connectivity index (χ0n) is 14.6. The van der Waals surface area contributed by atoms with Crippen molar-refractivity contribution in [1.82, 2.24) is 10.2 Å². The van der Waals surface area contributed by atoms with Gasteiger partial charge >= 0.3 is 0 Å². The standard InChI is InChI=1S/C19H28ClN3O2/c20-14-1-2-15-16(11-14)22-13-18(15)5-9-23(10-6-18)12-17(24)19(25)3-7-21-8-4-19/h1-2,11,17,21-22,24-25H,3-10,12-13H2. The molecule has 138 valence electrons. The quantitative estimate of drug-likeness (QED) is 0.655. The van der Waals surface area contributed by atoms with Crippen molar-refractivity contribution in [3.05, 3.63) is 28.8 Å². The van der Waals surface area contributed by atoms with Crippen LogP contribution in [0.4, 0.5) is 5.69 Å². The van der Waals surface area contributed by atoms with Gasteiger partial charge in [0.2, 0.25) is 0 Å². The monoisotopic (exact) mass is 365 g/mol. The Bertz CT molecular complexity index is 625. The number of piperidine rings is 2. The smallest absolute Gasteiger partial charge is 0.0954 e. The summed E-state index contributed by atoms with van der Waals surface area (Å²) in [7, 11) is 0. The van der Waals surface area contributed by atoms with Gasteiger partial charge in [-0.2, -0.15) is 0 Å². The summed E-state index contributed by atoms with van der Waals surface area (Å²) in [6, 6.07) is 6.17. The van der Waals surface area contributed by atoms with Crippen LogP contribution in [-0.2, 0) is 5.41 Å². The molecule has 1 aromatic rings. The van der Waals surface area contributed by atoms with E-state index in [2.05, 4.69) is 21.6 Å². The number of rotatable bonds is 3. The van der Waals surface area contributed by atoms with Crippen LogP contribution >= 0.6 is 11.6 Å². The Labute approximate surface area is 154 Å². The van der Waals surface area contributed by atoms with Crippen molar-refractivity contribution >= 4 is 17.3 Å². The van der Waals surface area contributed by atoms with Crippen LogP contribution in [0.5, 0.6) is 0 Å². The highest BCUT2D eigenvalue weighted by Gasteiger charge is 2.43. The Morgan fingerprint density at radius 3 is 2.60 bits per heavy atom. The molecule has 4 N–H and O–H groups in total. The lowest BCUT2D eigenvalue weighted by Gasteiger charge is -2.43. The molecule has 0 bridgehead atoms. The number of anilines is 1. The summed E-state index contributed by atoms with van der Waals surface area (Å²) in [5.74, 6) is 0. The Hall–Kier alpha value is -0.850. The second-order valence-corrected chi connectivity index (χ2v) is 8.43. The van der Waals surface area contributed by atoms with E-state index in [0.29, 0.717) is 19.4 Å². The van der Waals surface area contributed by atoms with Crippen molar-refractivity contribution in [2.24, 2.45) is 0 Å². The Balaban J connectivity index is 1.38. The summed E-state index contributed by atoms with van der Waals surface area (Å²) < 4.78 is 0. The molecule has 3 aliphatic heterocycles. The van der Waals surface area contributed by atoms with E-state index in [-0.39, 0.29) is 5.41 Å². The fourth-order valence-electron chi connectivity index (χ4n) is 4.70. The second-order valence-electron chi connectivity index (χ2n) is 7.99. The van der Waals surface area contributed by atoms with Gasteiger partial charge < -0.3 is 25.7 Å². The number of β-amino-alcohol motifs (C(OH)–C–C–N with tert-alkyl or cyclic N) is 1. The van der Waals surface area contributed by atoms with Crippen molar-refractivity contribution in [3.63, 3.8) is 0 Å². The molecule has 3 aliphatic rings. The Morgan fingerprint density at radius 2 is 1.88 bits per heavy atom. The molecule has 0 amide bonds. The van der Waals surface area contributed by atoms with E-state index in [0.717, 1.165) is 50.6 Å². The number of hydrogen-bond acceptors (Lipinski definition) is 5. The van der Waals surface area contributed by atoms with E-state index in [4.69, 9.17) is 11.6 Å². The maximum Gasteiger partial charge on any atom is 0.0954 e. The predicted octanol–water partition coefficient (Wildman–Crippen LogP) is 1.57. The average molecular weight is 366 g/mol. The molecule has 1 atom stereocenters. The van der Waals surface area contributed by atoms with Gasteiger partial charge in [0.05, 0.1) is 11.7 Å². The summed E-state index contributed by atoms with van der Waals surface area (Å²) in [5, 5.41) is 28.8. The van der Waals surface area contributed by atoms with E-state index < -0.39 is 11.7 Å². The second kappa shape index (κ2) is 6.71. The van der Waals surface area contributed by atoms with E-state index in [1.165, 1.54) is 11.3 Å². The molecule has 4 rings (SSSR count). The fraction of sp³-hybridized carbons (Fsp3) is 0.684. The number of benzene rings is 1. The number of hydrogen-bond donors (Lipinski definition) is 4. The topological polar surface area (TPSA) is 67.8 Å². The van der Waals surface area contributed by atoms with Crippen LogP contribution < -0.4 is 10.6 Å². The third-order valence-electron chi connectivity index (χ3n) is 6.50. The number of nitrogens with zero attached hydrogens (tertiary/aromatic N) is 1. The molecule has 3 heterocycles. The van der Waals surface area contributed by atoms with Gasteiger partial charge in [-0.15, -0.1) is 0 Å². The van der Waals surface area contributed by atoms with Crippen molar-refractivity contribution in [2.75, 3.05) is 44.6 Å². The molecule has 5 nitrogen and oxygen atoms in total. The maximum atomic E-state index is 10.7. The third kappa shape index (κ3) is 3.28. The molecule has 0 radical (unpaired) electrons. The first-order chi connectivity index (χ1) is 12.0. The van der Waals surface area contributed by atoms with Crippen LogP contribution in [0.1, 0.15) is 31.2 Å². The first-order valence-electron chi connectivity index (χ1n) is 9.38. The van der Waals surface area contributed by atoms with Gasteiger partial charge in [0.15, 0.2) is 0 Å². The summed E-state index contributed by atoms with van der Waals surface area (Å²) >= 11 is 6.11. The molecule has 6 heteroatoms. The van der Waals surface area contributed by atoms with Gasteiger partial charge in [0.1, 0.15) is 0 Å². The van der Waals surface area contributed by atoms with E-state index in [1.807, 2.05) is 12.1 Å². The number of likely N-dealkylation sites (tertiary alicyclic amines) is 1. The van der Waals surface area contributed by atoms with E-state index >= 15 is 0 Å². The van der Waals surface area contributed by atoms with Crippen molar-refractivity contribution in [3.8, 4) is 0 Å². The van der Waals surface area contributed by atoms with E-state index in [1.54, 1.807) is 0 Å². The highest BCUT2D eigenvalue weighted by molar-refractivity contribution is 6.30. The molecule has 1 unspecified atom stereocenters. The first kappa shape index (κ1) is 17.6.